The number of aliphatic hydroxyl groups is 1. The van der Waals surface area contributed by atoms with Gasteiger partial charge in [0.1, 0.15) is 0 Å². The minimum Gasteiger partial charge on any atom is -0.480 e. The van der Waals surface area contributed by atoms with Crippen LogP contribution in [0.4, 0.5) is 4.79 Å². The van der Waals surface area contributed by atoms with Crippen LogP contribution in [0.3, 0.4) is 0 Å². The molecule has 0 saturated carbocycles. The molecule has 1 aromatic heterocycles. The fourth-order valence-corrected chi connectivity index (χ4v) is 2.66. The lowest BCUT2D eigenvalue weighted by atomic mass is 10.3. The van der Waals surface area contributed by atoms with Crippen LogP contribution in [0.25, 0.3) is 0 Å². The molecular formula is C10H13BrN2O4S. The van der Waals surface area contributed by atoms with E-state index in [1.807, 2.05) is 12.1 Å². The van der Waals surface area contributed by atoms with Gasteiger partial charge in [0.05, 0.1) is 10.4 Å². The second-order valence-corrected chi connectivity index (χ2v) is 5.98. The zero-order valence-corrected chi connectivity index (χ0v) is 11.8. The van der Waals surface area contributed by atoms with Crippen LogP contribution >= 0.6 is 27.3 Å². The Morgan fingerprint density at radius 3 is 2.67 bits per heavy atom. The molecule has 0 saturated heterocycles. The molecule has 100 valence electrons. The Bertz CT molecular complexity index is 424. The lowest BCUT2D eigenvalue weighted by molar-refractivity contribution is -0.140. The lowest BCUT2D eigenvalue weighted by Crippen LogP contribution is -2.48. The van der Waals surface area contributed by atoms with Gasteiger partial charge >= 0.3 is 12.0 Å². The maximum Gasteiger partial charge on any atom is 0.328 e. The fraction of sp³-hybridized carbons (Fsp3) is 0.400. The van der Waals surface area contributed by atoms with Crippen LogP contribution < -0.4 is 10.6 Å². The number of amides is 2. The third-order valence-corrected chi connectivity index (χ3v) is 3.76. The molecule has 8 heteroatoms. The lowest BCUT2D eigenvalue weighted by Gasteiger charge is -2.12. The van der Waals surface area contributed by atoms with Crippen molar-refractivity contribution in [2.24, 2.45) is 0 Å². The molecule has 0 unspecified atom stereocenters. The molecule has 0 bridgehead atoms. The van der Waals surface area contributed by atoms with Crippen molar-refractivity contribution >= 4 is 39.3 Å². The standard InChI is InChI=1S/C10H13BrN2O4S/c11-8-2-1-6(18-8)3-4-12-10(17)13-7(5-14)9(15)16/h1-2,7,14H,3-5H2,(H,15,16)(H2,12,13,17)/t7-/m1/s1. The molecule has 1 heterocycles. The average molecular weight is 337 g/mol. The molecule has 0 aliphatic heterocycles. The number of carboxylic acid groups (broad SMARTS) is 1. The van der Waals surface area contributed by atoms with Crippen LogP contribution in [0.5, 0.6) is 0 Å². The summed E-state index contributed by atoms with van der Waals surface area (Å²) in [5.41, 5.74) is 0. The molecular weight excluding hydrogens is 324 g/mol. The smallest absolute Gasteiger partial charge is 0.328 e. The number of nitrogens with one attached hydrogen (secondary N) is 2. The first kappa shape index (κ1) is 14.9. The van der Waals surface area contributed by atoms with Crippen LogP contribution in [-0.2, 0) is 11.2 Å². The quantitative estimate of drug-likeness (QED) is 0.617. The van der Waals surface area contributed by atoms with Crippen molar-refractivity contribution in [2.45, 2.75) is 12.5 Å². The summed E-state index contributed by atoms with van der Waals surface area (Å²) in [6.07, 6.45) is 0.667. The van der Waals surface area contributed by atoms with Crippen LogP contribution in [0, 0.1) is 0 Å². The first-order chi connectivity index (χ1) is 8.52. The normalized spacial score (nSPS) is 11.9. The number of urea groups is 1. The number of carbonyl (C=O) groups excluding carboxylic acids is 1. The van der Waals surface area contributed by atoms with Crippen molar-refractivity contribution in [1.29, 1.82) is 0 Å². The van der Waals surface area contributed by atoms with E-state index in [4.69, 9.17) is 10.2 Å². The van der Waals surface area contributed by atoms with Crippen LogP contribution in [0.1, 0.15) is 4.88 Å². The fourth-order valence-electron chi connectivity index (χ4n) is 1.18. The molecule has 4 N–H and O–H groups in total. The highest BCUT2D eigenvalue weighted by atomic mass is 79.9. The molecule has 1 aromatic rings. The summed E-state index contributed by atoms with van der Waals surface area (Å²) in [5, 5.41) is 22.0. The van der Waals surface area contributed by atoms with E-state index in [-0.39, 0.29) is 0 Å². The average Bonchev–Trinajstić information content (AvgIpc) is 2.71. The number of carboxylic acids is 1. The minimum atomic E-state index is -1.28. The highest BCUT2D eigenvalue weighted by Crippen LogP contribution is 2.21. The van der Waals surface area contributed by atoms with E-state index in [1.165, 1.54) is 0 Å². The first-order valence-electron chi connectivity index (χ1n) is 5.15. The minimum absolute atomic E-state index is 0.399. The number of thiophene rings is 1. The number of aliphatic carboxylic acids is 1. The number of aliphatic hydroxyl groups excluding tert-OH is 1. The van der Waals surface area contributed by atoms with Gasteiger partial charge in [-0.15, -0.1) is 11.3 Å². The summed E-state index contributed by atoms with van der Waals surface area (Å²) in [4.78, 5) is 23.0. The van der Waals surface area contributed by atoms with Crippen LogP contribution in [0.15, 0.2) is 15.9 Å². The number of hydrogen-bond acceptors (Lipinski definition) is 4. The van der Waals surface area contributed by atoms with E-state index in [1.54, 1.807) is 11.3 Å². The largest absolute Gasteiger partial charge is 0.480 e. The van der Waals surface area contributed by atoms with Gasteiger partial charge in [-0.05, 0) is 34.5 Å². The summed E-state index contributed by atoms with van der Waals surface area (Å²) in [6.45, 7) is -0.239. The summed E-state index contributed by atoms with van der Waals surface area (Å²) < 4.78 is 1.02. The third-order valence-electron chi connectivity index (χ3n) is 2.07. The Hall–Kier alpha value is -1.12. The van der Waals surface area contributed by atoms with Gasteiger partial charge < -0.3 is 20.8 Å². The van der Waals surface area contributed by atoms with Gasteiger partial charge in [0.15, 0.2) is 6.04 Å². The Balaban J connectivity index is 2.26. The molecule has 1 atom stereocenters. The Labute approximate surface area is 116 Å². The highest BCUT2D eigenvalue weighted by molar-refractivity contribution is 9.11. The first-order valence-corrected chi connectivity index (χ1v) is 6.76. The van der Waals surface area contributed by atoms with E-state index >= 15 is 0 Å². The van der Waals surface area contributed by atoms with E-state index < -0.39 is 24.6 Å². The van der Waals surface area contributed by atoms with Gasteiger partial charge in [-0.2, -0.15) is 0 Å². The molecule has 2 amide bonds. The zero-order valence-electron chi connectivity index (χ0n) is 9.35. The number of halogens is 1. The van der Waals surface area contributed by atoms with Gasteiger partial charge in [0.2, 0.25) is 0 Å². The predicted molar refractivity (Wildman–Crippen MR) is 70.8 cm³/mol. The maximum atomic E-state index is 11.3. The van der Waals surface area contributed by atoms with Gasteiger partial charge in [-0.3, -0.25) is 0 Å². The Morgan fingerprint density at radius 2 is 2.17 bits per heavy atom. The molecule has 18 heavy (non-hydrogen) atoms. The van der Waals surface area contributed by atoms with E-state index in [0.29, 0.717) is 13.0 Å². The summed E-state index contributed by atoms with van der Waals surface area (Å²) in [5.74, 6) is -1.27. The molecule has 6 nitrogen and oxygen atoms in total. The predicted octanol–water partition coefficient (Wildman–Crippen LogP) is 0.798. The Morgan fingerprint density at radius 1 is 1.44 bits per heavy atom. The molecule has 1 rings (SSSR count). The van der Waals surface area contributed by atoms with Crippen LogP contribution in [-0.4, -0.2) is 41.4 Å². The summed E-state index contributed by atoms with van der Waals surface area (Å²) in [6, 6.07) is 1.99. The zero-order chi connectivity index (χ0) is 13.5. The molecule has 0 aliphatic rings. The maximum absolute atomic E-state index is 11.3. The third kappa shape index (κ3) is 5.03. The molecule has 0 radical (unpaired) electrons. The van der Waals surface area contributed by atoms with E-state index in [9.17, 15) is 9.59 Å². The van der Waals surface area contributed by atoms with Gasteiger partial charge in [-0.1, -0.05) is 0 Å². The second kappa shape index (κ2) is 7.34. The van der Waals surface area contributed by atoms with E-state index in [0.717, 1.165) is 8.66 Å². The highest BCUT2D eigenvalue weighted by Gasteiger charge is 2.18. The van der Waals surface area contributed by atoms with Crippen molar-refractivity contribution < 1.29 is 19.8 Å². The SMILES string of the molecule is O=C(NCCc1ccc(Br)s1)N[C@H](CO)C(=O)O. The van der Waals surface area contributed by atoms with Crippen molar-refractivity contribution in [2.75, 3.05) is 13.2 Å². The van der Waals surface area contributed by atoms with E-state index in [2.05, 4.69) is 26.6 Å². The monoisotopic (exact) mass is 336 g/mol. The van der Waals surface area contributed by atoms with Crippen LogP contribution in [0.2, 0.25) is 0 Å². The van der Waals surface area contributed by atoms with Gasteiger partial charge in [-0.25, -0.2) is 9.59 Å². The summed E-state index contributed by atoms with van der Waals surface area (Å²) >= 11 is 4.91. The molecule has 0 spiro atoms. The second-order valence-electron chi connectivity index (χ2n) is 3.43. The molecule has 0 fully saturated rings. The van der Waals surface area contributed by atoms with Gasteiger partial charge in [0, 0.05) is 11.4 Å². The topological polar surface area (TPSA) is 98.7 Å². The van der Waals surface area contributed by atoms with Crippen molar-refractivity contribution in [3.63, 3.8) is 0 Å². The van der Waals surface area contributed by atoms with Gasteiger partial charge in [0.25, 0.3) is 0 Å². The van der Waals surface area contributed by atoms with Crippen molar-refractivity contribution in [3.05, 3.63) is 20.8 Å². The number of rotatable bonds is 6. The molecule has 0 aromatic carbocycles. The van der Waals surface area contributed by atoms with Crippen molar-refractivity contribution in [1.82, 2.24) is 10.6 Å². The number of hydrogen-bond donors (Lipinski definition) is 4. The Kier molecular flexibility index (Phi) is 6.10. The molecule has 0 aliphatic carbocycles. The number of carbonyl (C=O) groups is 2. The summed E-state index contributed by atoms with van der Waals surface area (Å²) in [7, 11) is 0. The van der Waals surface area contributed by atoms with Crippen molar-refractivity contribution in [3.8, 4) is 0 Å².